The monoisotopic (exact) mass is 292 g/mol. The van der Waals surface area contributed by atoms with Crippen molar-refractivity contribution in [1.82, 2.24) is 4.98 Å². The molecule has 13 heavy (non-hydrogen) atoms. The first-order chi connectivity index (χ1) is 6.15. The first-order valence-corrected chi connectivity index (χ1v) is 4.95. The fraction of sp³-hybridized carbons (Fsp3) is 0.333. The minimum atomic E-state index is -0.437. The molecule has 0 fully saturated rings. The van der Waals surface area contributed by atoms with Gasteiger partial charge < -0.3 is 0 Å². The lowest BCUT2D eigenvalue weighted by Crippen LogP contribution is -1.94. The predicted octanol–water partition coefficient (Wildman–Crippen LogP) is 3.03. The highest BCUT2D eigenvalue weighted by Crippen LogP contribution is 2.11. The van der Waals surface area contributed by atoms with Crippen LogP contribution in [0, 0.1) is 27.8 Å². The Bertz CT molecular complexity index is 331. The maximum atomic E-state index is 12.7. The number of nitrogens with zero attached hydrogens (tertiary/aromatic N) is 2. The predicted molar refractivity (Wildman–Crippen MR) is 57.7 cm³/mol. The summed E-state index contributed by atoms with van der Waals surface area (Å²) in [5, 5.41) is 8.47. The van der Waals surface area contributed by atoms with Gasteiger partial charge in [0.05, 0.1) is 11.3 Å². The van der Waals surface area contributed by atoms with E-state index in [0.717, 1.165) is 0 Å². The second-order valence-corrected chi connectivity index (χ2v) is 3.03. The van der Waals surface area contributed by atoms with E-state index >= 15 is 0 Å². The zero-order valence-electron chi connectivity index (χ0n) is 7.73. The summed E-state index contributed by atoms with van der Waals surface area (Å²) < 4.78 is 13.0. The first-order valence-electron chi connectivity index (χ1n) is 3.88. The van der Waals surface area contributed by atoms with Crippen LogP contribution in [-0.2, 0) is 0 Å². The van der Waals surface area contributed by atoms with Crippen molar-refractivity contribution in [3.63, 3.8) is 0 Å². The molecule has 0 radical (unpaired) electrons. The third-order valence-corrected chi connectivity index (χ3v) is 2.00. The highest BCUT2D eigenvalue weighted by atomic mass is 127. The molecule has 0 aliphatic heterocycles. The average Bonchev–Trinajstić information content (AvgIpc) is 2.15. The Hall–Kier alpha value is -0.700. The van der Waals surface area contributed by atoms with E-state index in [4.69, 9.17) is 5.26 Å². The minimum absolute atomic E-state index is 0.294. The maximum Gasteiger partial charge on any atom is 0.156 e. The summed E-state index contributed by atoms with van der Waals surface area (Å²) in [6, 6.07) is 3.06. The fourth-order valence-electron chi connectivity index (χ4n) is 0.665. The Balaban J connectivity index is 0.000000671. The van der Waals surface area contributed by atoms with Crippen molar-refractivity contribution in [1.29, 1.82) is 5.26 Å². The van der Waals surface area contributed by atoms with Crippen molar-refractivity contribution < 1.29 is 4.39 Å². The second kappa shape index (κ2) is 5.86. The van der Waals surface area contributed by atoms with Crippen molar-refractivity contribution in [3.8, 4) is 6.07 Å². The van der Waals surface area contributed by atoms with Crippen LogP contribution in [0.3, 0.4) is 0 Å². The Kier molecular flexibility index (Phi) is 5.55. The van der Waals surface area contributed by atoms with E-state index in [1.807, 2.05) is 19.9 Å². The van der Waals surface area contributed by atoms with Gasteiger partial charge in [-0.15, -0.1) is 0 Å². The molecule has 0 saturated heterocycles. The topological polar surface area (TPSA) is 36.7 Å². The maximum absolute atomic E-state index is 12.7. The average molecular weight is 292 g/mol. The molecule has 1 aromatic rings. The highest BCUT2D eigenvalue weighted by molar-refractivity contribution is 14.1. The number of halogens is 2. The molecule has 0 spiro atoms. The molecule has 0 saturated carbocycles. The van der Waals surface area contributed by atoms with Crippen LogP contribution in [0.25, 0.3) is 0 Å². The van der Waals surface area contributed by atoms with Gasteiger partial charge in [-0.05, 0) is 35.6 Å². The quantitative estimate of drug-likeness (QED) is 0.544. The molecule has 0 aliphatic rings. The summed E-state index contributed by atoms with van der Waals surface area (Å²) in [6.07, 6.45) is 0. The molecule has 4 heteroatoms. The lowest BCUT2D eigenvalue weighted by Gasteiger charge is -1.97. The summed E-state index contributed by atoms with van der Waals surface area (Å²) in [6.45, 7) is 5.68. The van der Waals surface area contributed by atoms with E-state index in [2.05, 4.69) is 4.98 Å². The molecule has 0 aliphatic carbocycles. The Morgan fingerprint density at radius 1 is 1.54 bits per heavy atom. The Morgan fingerprint density at radius 2 is 2.08 bits per heavy atom. The molecule has 0 N–H and O–H groups in total. The van der Waals surface area contributed by atoms with Crippen molar-refractivity contribution in [3.05, 3.63) is 26.8 Å². The van der Waals surface area contributed by atoms with Crippen molar-refractivity contribution in [2.75, 3.05) is 0 Å². The zero-order valence-corrected chi connectivity index (χ0v) is 9.89. The van der Waals surface area contributed by atoms with Crippen molar-refractivity contribution >= 4 is 22.6 Å². The molecule has 1 aromatic heterocycles. The smallest absolute Gasteiger partial charge is 0.156 e. The van der Waals surface area contributed by atoms with Gasteiger partial charge in [0.2, 0.25) is 0 Å². The molecule has 2 nitrogen and oxygen atoms in total. The third-order valence-electron chi connectivity index (χ3n) is 1.24. The summed E-state index contributed by atoms with van der Waals surface area (Å²) in [5.74, 6) is -0.437. The Morgan fingerprint density at radius 3 is 2.54 bits per heavy atom. The minimum Gasteiger partial charge on any atom is -0.243 e. The summed E-state index contributed by atoms with van der Waals surface area (Å²) >= 11 is 1.79. The van der Waals surface area contributed by atoms with Gasteiger partial charge in [0, 0.05) is 0 Å². The second-order valence-electron chi connectivity index (χ2n) is 2.01. The van der Waals surface area contributed by atoms with E-state index in [0.29, 0.717) is 15.0 Å². The normalized spacial score (nSPS) is 8.31. The third kappa shape index (κ3) is 3.27. The zero-order chi connectivity index (χ0) is 10.4. The lowest BCUT2D eigenvalue weighted by molar-refractivity contribution is 0.610. The number of pyridine rings is 1. The van der Waals surface area contributed by atoms with E-state index in [1.54, 1.807) is 29.5 Å². The van der Waals surface area contributed by atoms with Crippen LogP contribution < -0.4 is 0 Å². The molecular formula is C9H10FIN2. The van der Waals surface area contributed by atoms with Gasteiger partial charge in [-0.2, -0.15) is 5.26 Å². The number of hydrogen-bond acceptors (Lipinski definition) is 2. The molecule has 0 atom stereocenters. The SMILES string of the molecule is CC.Cc1nc(I)c(F)cc1C#N. The summed E-state index contributed by atoms with van der Waals surface area (Å²) in [4.78, 5) is 3.83. The van der Waals surface area contributed by atoms with Gasteiger partial charge in [-0.1, -0.05) is 13.8 Å². The van der Waals surface area contributed by atoms with Gasteiger partial charge in [-0.25, -0.2) is 9.37 Å². The molecule has 0 bridgehead atoms. The summed E-state index contributed by atoms with van der Waals surface area (Å²) in [7, 11) is 0. The fourth-order valence-corrected chi connectivity index (χ4v) is 1.18. The van der Waals surface area contributed by atoms with Crippen LogP contribution in [-0.4, -0.2) is 4.98 Å². The van der Waals surface area contributed by atoms with Crippen LogP contribution in [0.2, 0.25) is 0 Å². The van der Waals surface area contributed by atoms with Crippen LogP contribution >= 0.6 is 22.6 Å². The number of aryl methyl sites for hydroxylation is 1. The molecular weight excluding hydrogens is 282 g/mol. The number of aromatic nitrogens is 1. The van der Waals surface area contributed by atoms with Crippen LogP contribution in [0.1, 0.15) is 25.1 Å². The molecule has 70 valence electrons. The van der Waals surface area contributed by atoms with E-state index in [1.165, 1.54) is 6.07 Å². The number of hydrogen-bond donors (Lipinski definition) is 0. The Labute approximate surface area is 90.9 Å². The number of rotatable bonds is 0. The lowest BCUT2D eigenvalue weighted by atomic mass is 10.2. The molecule has 0 amide bonds. The first kappa shape index (κ1) is 12.3. The standard InChI is InChI=1S/C7H4FIN2.C2H6/c1-4-5(3-10)2-6(8)7(9)11-4;1-2/h2H,1H3;1-2H3. The van der Waals surface area contributed by atoms with Crippen LogP contribution in [0.15, 0.2) is 6.07 Å². The van der Waals surface area contributed by atoms with Crippen LogP contribution in [0.4, 0.5) is 4.39 Å². The van der Waals surface area contributed by atoms with E-state index < -0.39 is 5.82 Å². The van der Waals surface area contributed by atoms with E-state index in [-0.39, 0.29) is 0 Å². The molecule has 0 unspecified atom stereocenters. The largest absolute Gasteiger partial charge is 0.243 e. The number of nitriles is 1. The molecule has 1 rings (SSSR count). The van der Waals surface area contributed by atoms with Crippen LogP contribution in [0.5, 0.6) is 0 Å². The van der Waals surface area contributed by atoms with Crippen molar-refractivity contribution in [2.45, 2.75) is 20.8 Å². The summed E-state index contributed by atoms with van der Waals surface area (Å²) in [5.41, 5.74) is 0.862. The van der Waals surface area contributed by atoms with Gasteiger partial charge in [0.25, 0.3) is 0 Å². The van der Waals surface area contributed by atoms with E-state index in [9.17, 15) is 4.39 Å². The van der Waals surface area contributed by atoms with Gasteiger partial charge in [0.1, 0.15) is 9.77 Å². The molecule has 1 heterocycles. The van der Waals surface area contributed by atoms with Gasteiger partial charge in [0.15, 0.2) is 5.82 Å². The van der Waals surface area contributed by atoms with Gasteiger partial charge >= 0.3 is 0 Å². The van der Waals surface area contributed by atoms with Gasteiger partial charge in [-0.3, -0.25) is 0 Å². The highest BCUT2D eigenvalue weighted by Gasteiger charge is 2.04. The molecule has 0 aromatic carbocycles. The van der Waals surface area contributed by atoms with Crippen molar-refractivity contribution in [2.24, 2.45) is 0 Å².